The van der Waals surface area contributed by atoms with Crippen molar-refractivity contribution >= 4 is 40.4 Å². The first-order valence-corrected chi connectivity index (χ1v) is 13.8. The molecule has 2 aromatic carbocycles. The molecule has 8 heteroatoms. The third-order valence-corrected chi connectivity index (χ3v) is 7.13. The number of benzene rings is 2. The average Bonchev–Trinajstić information content (AvgIpc) is 3.53. The van der Waals surface area contributed by atoms with E-state index < -0.39 is 23.7 Å². The second-order valence-electron chi connectivity index (χ2n) is 10.4. The molecule has 204 valence electrons. The lowest BCUT2D eigenvalue weighted by Crippen LogP contribution is -2.29. The fourth-order valence-electron chi connectivity index (χ4n) is 4.27. The van der Waals surface area contributed by atoms with Crippen molar-refractivity contribution in [3.05, 3.63) is 87.1 Å². The predicted molar refractivity (Wildman–Crippen MR) is 152 cm³/mol. The number of esters is 1. The standard InChI is InChI=1S/C31H33NO6S/c1-18(2)16-37-24-13-10-22(15-20(24)5)28(33)26-27(25-7-6-14-39-25)32(30(35)29(26)34)23-11-8-21(9-12-23)31(36)38-17-19(3)4/h6-15,18-19,27,33H,16-17H2,1-5H3/b28-26-. The van der Waals surface area contributed by atoms with E-state index in [1.807, 2.05) is 38.3 Å². The van der Waals surface area contributed by atoms with E-state index >= 15 is 0 Å². The monoisotopic (exact) mass is 547 g/mol. The molecule has 3 aromatic rings. The highest BCUT2D eigenvalue weighted by Gasteiger charge is 2.47. The lowest BCUT2D eigenvalue weighted by molar-refractivity contribution is -0.132. The Hall–Kier alpha value is -3.91. The van der Waals surface area contributed by atoms with Gasteiger partial charge in [0.25, 0.3) is 11.7 Å². The van der Waals surface area contributed by atoms with Crippen LogP contribution in [0.25, 0.3) is 5.76 Å². The zero-order valence-corrected chi connectivity index (χ0v) is 23.6. The summed E-state index contributed by atoms with van der Waals surface area (Å²) in [5.41, 5.74) is 2.02. The SMILES string of the molecule is Cc1cc(/C(O)=C2/C(=O)C(=O)N(c3ccc(C(=O)OCC(C)C)cc3)C2c2cccs2)ccc1OCC(C)C. The maximum Gasteiger partial charge on any atom is 0.338 e. The topological polar surface area (TPSA) is 93.1 Å². The first-order chi connectivity index (χ1) is 18.6. The molecule has 1 saturated heterocycles. The molecule has 1 N–H and O–H groups in total. The van der Waals surface area contributed by atoms with Gasteiger partial charge in [0.2, 0.25) is 0 Å². The Morgan fingerprint density at radius 3 is 2.23 bits per heavy atom. The van der Waals surface area contributed by atoms with Crippen LogP contribution < -0.4 is 9.64 Å². The molecule has 0 radical (unpaired) electrons. The molecule has 4 rings (SSSR count). The number of Topliss-reactive ketones (excluding diaryl/α,β-unsaturated/α-hetero) is 1. The first-order valence-electron chi connectivity index (χ1n) is 12.9. The van der Waals surface area contributed by atoms with Crippen molar-refractivity contribution in [2.24, 2.45) is 11.8 Å². The van der Waals surface area contributed by atoms with Crippen molar-refractivity contribution in [3.63, 3.8) is 0 Å². The summed E-state index contributed by atoms with van der Waals surface area (Å²) in [7, 11) is 0. The molecule has 0 spiro atoms. The van der Waals surface area contributed by atoms with Crippen LogP contribution in [-0.4, -0.2) is 36.0 Å². The number of carbonyl (C=O) groups excluding carboxylic acids is 3. The summed E-state index contributed by atoms with van der Waals surface area (Å²) in [5, 5.41) is 13.2. The zero-order valence-electron chi connectivity index (χ0n) is 22.8. The zero-order chi connectivity index (χ0) is 28.3. The third kappa shape index (κ3) is 6.06. The second kappa shape index (κ2) is 11.9. The van der Waals surface area contributed by atoms with Crippen LogP contribution in [0, 0.1) is 18.8 Å². The van der Waals surface area contributed by atoms with Crippen molar-refractivity contribution in [1.29, 1.82) is 0 Å². The number of thiophene rings is 1. The van der Waals surface area contributed by atoms with Gasteiger partial charge in [-0.1, -0.05) is 33.8 Å². The summed E-state index contributed by atoms with van der Waals surface area (Å²) in [6.07, 6.45) is 0. The molecule has 39 heavy (non-hydrogen) atoms. The van der Waals surface area contributed by atoms with Crippen molar-refractivity contribution < 1.29 is 29.0 Å². The molecule has 1 fully saturated rings. The summed E-state index contributed by atoms with van der Waals surface area (Å²) in [6, 6.07) is 14.4. The van der Waals surface area contributed by atoms with Crippen molar-refractivity contribution in [3.8, 4) is 5.75 Å². The molecule has 0 bridgehead atoms. The summed E-state index contributed by atoms with van der Waals surface area (Å²) in [4.78, 5) is 41.2. The lowest BCUT2D eigenvalue weighted by atomic mass is 9.98. The maximum absolute atomic E-state index is 13.4. The third-order valence-electron chi connectivity index (χ3n) is 6.21. The minimum atomic E-state index is -0.819. The number of hydrogen-bond donors (Lipinski definition) is 1. The smallest absolute Gasteiger partial charge is 0.338 e. The van der Waals surface area contributed by atoms with Crippen molar-refractivity contribution in [2.45, 2.75) is 40.7 Å². The molecule has 7 nitrogen and oxygen atoms in total. The first kappa shape index (κ1) is 28.1. The number of aryl methyl sites for hydroxylation is 1. The molecule has 1 aliphatic rings. The van der Waals surface area contributed by atoms with Gasteiger partial charge in [-0.15, -0.1) is 11.3 Å². The lowest BCUT2D eigenvalue weighted by Gasteiger charge is -2.24. The summed E-state index contributed by atoms with van der Waals surface area (Å²) >= 11 is 1.39. The highest BCUT2D eigenvalue weighted by molar-refractivity contribution is 7.10. The number of carbonyl (C=O) groups is 3. The van der Waals surface area contributed by atoms with E-state index in [0.717, 1.165) is 10.4 Å². The Labute approximate surface area is 232 Å². The number of aliphatic hydroxyl groups excluding tert-OH is 1. The normalized spacial score (nSPS) is 16.8. The van der Waals surface area contributed by atoms with Crippen LogP contribution in [-0.2, 0) is 14.3 Å². The maximum atomic E-state index is 13.4. The molecule has 1 aliphatic heterocycles. The molecule has 0 aliphatic carbocycles. The van der Waals surface area contributed by atoms with Gasteiger partial charge in [-0.3, -0.25) is 14.5 Å². The van der Waals surface area contributed by atoms with Gasteiger partial charge in [-0.2, -0.15) is 0 Å². The van der Waals surface area contributed by atoms with Gasteiger partial charge in [0.15, 0.2) is 0 Å². The van der Waals surface area contributed by atoms with Crippen LogP contribution in [0.1, 0.15) is 60.1 Å². The molecule has 1 unspecified atom stereocenters. The van der Waals surface area contributed by atoms with E-state index in [0.29, 0.717) is 41.7 Å². The number of aliphatic hydroxyl groups is 1. The molecule has 0 saturated carbocycles. The van der Waals surface area contributed by atoms with E-state index in [-0.39, 0.29) is 17.3 Å². The van der Waals surface area contributed by atoms with Crippen molar-refractivity contribution in [2.75, 3.05) is 18.1 Å². The van der Waals surface area contributed by atoms with Crippen LogP contribution >= 0.6 is 11.3 Å². The van der Waals surface area contributed by atoms with Crippen LogP contribution in [0.4, 0.5) is 5.69 Å². The van der Waals surface area contributed by atoms with E-state index in [1.54, 1.807) is 42.5 Å². The second-order valence-corrected chi connectivity index (χ2v) is 11.4. The molecule has 1 aromatic heterocycles. The van der Waals surface area contributed by atoms with Crippen LogP contribution in [0.15, 0.2) is 65.6 Å². The Bertz CT molecular complexity index is 1390. The van der Waals surface area contributed by atoms with Gasteiger partial charge in [0, 0.05) is 16.1 Å². The van der Waals surface area contributed by atoms with E-state index in [1.165, 1.54) is 16.2 Å². The Balaban J connectivity index is 1.72. The minimum Gasteiger partial charge on any atom is -0.507 e. The Kier molecular flexibility index (Phi) is 8.55. The van der Waals surface area contributed by atoms with Gasteiger partial charge >= 0.3 is 5.97 Å². The highest BCUT2D eigenvalue weighted by Crippen LogP contribution is 2.43. The molecule has 2 heterocycles. The number of amides is 1. The van der Waals surface area contributed by atoms with Gasteiger partial charge in [-0.25, -0.2) is 4.79 Å². The highest BCUT2D eigenvalue weighted by atomic mass is 32.1. The number of nitrogens with zero attached hydrogens (tertiary/aromatic N) is 1. The number of rotatable bonds is 9. The molecule has 1 atom stereocenters. The fourth-order valence-corrected chi connectivity index (χ4v) is 5.09. The number of ketones is 1. The van der Waals surface area contributed by atoms with Crippen LogP contribution in [0.5, 0.6) is 5.75 Å². The minimum absolute atomic E-state index is 0.0121. The Morgan fingerprint density at radius 2 is 1.64 bits per heavy atom. The quantitative estimate of drug-likeness (QED) is 0.142. The summed E-state index contributed by atoms with van der Waals surface area (Å²) < 4.78 is 11.1. The van der Waals surface area contributed by atoms with E-state index in [4.69, 9.17) is 9.47 Å². The summed E-state index contributed by atoms with van der Waals surface area (Å²) in [6.45, 7) is 10.8. The fraction of sp³-hybridized carbons (Fsp3) is 0.323. The van der Waals surface area contributed by atoms with Crippen LogP contribution in [0.2, 0.25) is 0 Å². The van der Waals surface area contributed by atoms with Crippen LogP contribution in [0.3, 0.4) is 0 Å². The van der Waals surface area contributed by atoms with Gasteiger partial charge < -0.3 is 14.6 Å². The largest absolute Gasteiger partial charge is 0.507 e. The molecule has 1 amide bonds. The molecular weight excluding hydrogens is 514 g/mol. The molecular formula is C31H33NO6S. The Morgan fingerprint density at radius 1 is 0.974 bits per heavy atom. The van der Waals surface area contributed by atoms with Gasteiger partial charge in [0.1, 0.15) is 17.6 Å². The van der Waals surface area contributed by atoms with Crippen molar-refractivity contribution in [1.82, 2.24) is 0 Å². The van der Waals surface area contributed by atoms with Gasteiger partial charge in [0.05, 0.1) is 24.4 Å². The average molecular weight is 548 g/mol. The van der Waals surface area contributed by atoms with E-state index in [2.05, 4.69) is 13.8 Å². The number of ether oxygens (including phenoxy) is 2. The summed E-state index contributed by atoms with van der Waals surface area (Å²) in [5.74, 6) is -0.965. The number of anilines is 1. The van der Waals surface area contributed by atoms with E-state index in [9.17, 15) is 19.5 Å². The predicted octanol–water partition coefficient (Wildman–Crippen LogP) is 6.53. The number of hydrogen-bond acceptors (Lipinski definition) is 7. The van der Waals surface area contributed by atoms with Gasteiger partial charge in [-0.05, 0) is 78.2 Å².